The average molecular weight is 382 g/mol. The van der Waals surface area contributed by atoms with E-state index >= 15 is 0 Å². The SMILES string of the molecule is CC(C)C[C@]1(C)C2CCC3(C)/C(=C\C#N)CCC3C2CC[C@@H]1CC(F)(F)F. The molecule has 4 heteroatoms. The van der Waals surface area contributed by atoms with Gasteiger partial charge < -0.3 is 0 Å². The van der Waals surface area contributed by atoms with Gasteiger partial charge in [-0.3, -0.25) is 0 Å². The van der Waals surface area contributed by atoms with Crippen molar-refractivity contribution in [3.63, 3.8) is 0 Å². The number of rotatable bonds is 3. The highest BCUT2D eigenvalue weighted by molar-refractivity contribution is 5.28. The monoisotopic (exact) mass is 381 g/mol. The van der Waals surface area contributed by atoms with Crippen molar-refractivity contribution in [1.82, 2.24) is 0 Å². The molecular weight excluding hydrogens is 347 g/mol. The predicted octanol–water partition coefficient (Wildman–Crippen LogP) is 7.29. The van der Waals surface area contributed by atoms with Crippen LogP contribution < -0.4 is 0 Å². The summed E-state index contributed by atoms with van der Waals surface area (Å²) in [6.45, 7) is 8.78. The maximum atomic E-state index is 13.3. The molecule has 3 aliphatic rings. The second-order valence-corrected chi connectivity index (χ2v) is 10.4. The quantitative estimate of drug-likeness (QED) is 0.471. The van der Waals surface area contributed by atoms with Gasteiger partial charge >= 0.3 is 6.18 Å². The van der Waals surface area contributed by atoms with E-state index in [4.69, 9.17) is 5.26 Å². The van der Waals surface area contributed by atoms with Crippen molar-refractivity contribution in [2.75, 3.05) is 0 Å². The number of alkyl halides is 3. The van der Waals surface area contributed by atoms with E-state index in [1.165, 1.54) is 5.57 Å². The van der Waals surface area contributed by atoms with E-state index in [-0.39, 0.29) is 16.7 Å². The molecule has 27 heavy (non-hydrogen) atoms. The molecular formula is C23H34F3N. The summed E-state index contributed by atoms with van der Waals surface area (Å²) in [5.41, 5.74) is 1.15. The third-order valence-corrected chi connectivity index (χ3v) is 8.48. The van der Waals surface area contributed by atoms with Gasteiger partial charge in [-0.25, -0.2) is 0 Å². The van der Waals surface area contributed by atoms with Crippen molar-refractivity contribution < 1.29 is 13.2 Å². The molecule has 0 heterocycles. The molecule has 3 rings (SSSR count). The van der Waals surface area contributed by atoms with Crippen LogP contribution >= 0.6 is 0 Å². The Labute approximate surface area is 162 Å². The molecule has 0 aromatic heterocycles. The molecule has 0 N–H and O–H groups in total. The first-order valence-corrected chi connectivity index (χ1v) is 10.7. The van der Waals surface area contributed by atoms with E-state index in [0.29, 0.717) is 30.1 Å². The molecule has 1 nitrogen and oxygen atoms in total. The number of nitriles is 1. The maximum absolute atomic E-state index is 13.3. The molecule has 3 fully saturated rings. The number of nitrogens with zero attached hydrogens (tertiary/aromatic N) is 1. The average Bonchev–Trinajstić information content (AvgIpc) is 2.86. The zero-order chi connectivity index (χ0) is 20.0. The van der Waals surface area contributed by atoms with E-state index in [2.05, 4.69) is 33.8 Å². The van der Waals surface area contributed by atoms with Crippen LogP contribution in [0.5, 0.6) is 0 Å². The summed E-state index contributed by atoms with van der Waals surface area (Å²) < 4.78 is 40.0. The molecule has 0 amide bonds. The largest absolute Gasteiger partial charge is 0.389 e. The molecule has 0 bridgehead atoms. The zero-order valence-corrected chi connectivity index (χ0v) is 17.2. The van der Waals surface area contributed by atoms with Gasteiger partial charge in [-0.1, -0.05) is 33.3 Å². The van der Waals surface area contributed by atoms with Crippen LogP contribution in [0, 0.1) is 51.8 Å². The van der Waals surface area contributed by atoms with Crippen molar-refractivity contribution in [3.05, 3.63) is 11.6 Å². The summed E-state index contributed by atoms with van der Waals surface area (Å²) in [6, 6.07) is 2.23. The summed E-state index contributed by atoms with van der Waals surface area (Å²) in [6.07, 6.45) is 3.71. The van der Waals surface area contributed by atoms with Gasteiger partial charge in [0, 0.05) is 12.5 Å². The Hall–Kier alpha value is -0.980. The Balaban J connectivity index is 1.92. The molecule has 0 aromatic rings. The molecule has 0 aliphatic heterocycles. The van der Waals surface area contributed by atoms with Crippen molar-refractivity contribution in [3.8, 4) is 6.07 Å². The molecule has 4 unspecified atom stereocenters. The lowest BCUT2D eigenvalue weighted by Gasteiger charge is -2.59. The van der Waals surface area contributed by atoms with E-state index in [1.807, 2.05) is 0 Å². The summed E-state index contributed by atoms with van der Waals surface area (Å²) >= 11 is 0. The molecule has 3 aliphatic carbocycles. The van der Waals surface area contributed by atoms with Gasteiger partial charge in [0.1, 0.15) is 0 Å². The van der Waals surface area contributed by atoms with E-state index < -0.39 is 12.6 Å². The molecule has 0 radical (unpaired) electrons. The number of halogens is 3. The van der Waals surface area contributed by atoms with Gasteiger partial charge in [0.05, 0.1) is 6.07 Å². The Morgan fingerprint density at radius 2 is 1.85 bits per heavy atom. The molecule has 0 spiro atoms. The number of hydrogen-bond donors (Lipinski definition) is 0. The van der Waals surface area contributed by atoms with Gasteiger partial charge in [-0.2, -0.15) is 18.4 Å². The minimum Gasteiger partial charge on any atom is -0.193 e. The summed E-state index contributed by atoms with van der Waals surface area (Å²) in [5, 5.41) is 9.16. The number of fused-ring (bicyclic) bond motifs is 3. The van der Waals surface area contributed by atoms with Crippen LogP contribution in [0.1, 0.15) is 79.1 Å². The Kier molecular flexibility index (Phi) is 5.47. The second-order valence-electron chi connectivity index (χ2n) is 10.4. The fourth-order valence-corrected chi connectivity index (χ4v) is 7.51. The standard InChI is InChI=1S/C23H34F3N/c1-15(2)13-22(4)17(14-23(24,25)26)5-7-18-19-8-6-16(10-12-27)21(19,3)11-9-20(18)22/h10,15,17-20H,5-9,11,13-14H2,1-4H3/b16-10-/t17-,18?,19?,20?,21?,22+/m1/s1. The fourth-order valence-electron chi connectivity index (χ4n) is 7.51. The normalized spacial score (nSPS) is 43.4. The minimum absolute atomic E-state index is 0.0898. The van der Waals surface area contributed by atoms with Crippen LogP contribution in [-0.2, 0) is 0 Å². The van der Waals surface area contributed by atoms with Crippen LogP contribution in [0.15, 0.2) is 11.6 Å². The van der Waals surface area contributed by atoms with Crippen LogP contribution in [0.3, 0.4) is 0 Å². The molecule has 0 saturated heterocycles. The lowest BCUT2D eigenvalue weighted by Crippen LogP contribution is -2.52. The summed E-state index contributed by atoms with van der Waals surface area (Å²) in [5.74, 6) is 1.60. The van der Waals surface area contributed by atoms with E-state index in [1.54, 1.807) is 6.08 Å². The van der Waals surface area contributed by atoms with Gasteiger partial charge in [0.25, 0.3) is 0 Å². The summed E-state index contributed by atoms with van der Waals surface area (Å²) in [4.78, 5) is 0. The topological polar surface area (TPSA) is 23.8 Å². The molecule has 0 aromatic carbocycles. The van der Waals surface area contributed by atoms with Crippen molar-refractivity contribution >= 4 is 0 Å². The highest BCUT2D eigenvalue weighted by Crippen LogP contribution is 2.67. The highest BCUT2D eigenvalue weighted by Gasteiger charge is 2.59. The number of hydrogen-bond acceptors (Lipinski definition) is 1. The fraction of sp³-hybridized carbons (Fsp3) is 0.870. The lowest BCUT2D eigenvalue weighted by atomic mass is 9.46. The van der Waals surface area contributed by atoms with Crippen LogP contribution in [-0.4, -0.2) is 6.18 Å². The van der Waals surface area contributed by atoms with Gasteiger partial charge in [0.2, 0.25) is 0 Å². The summed E-state index contributed by atoms with van der Waals surface area (Å²) in [7, 11) is 0. The zero-order valence-electron chi connectivity index (χ0n) is 17.2. The van der Waals surface area contributed by atoms with Gasteiger partial charge in [-0.05, 0) is 85.4 Å². The van der Waals surface area contributed by atoms with Crippen LogP contribution in [0.25, 0.3) is 0 Å². The van der Waals surface area contributed by atoms with Gasteiger partial charge in [0.15, 0.2) is 0 Å². The lowest BCUT2D eigenvalue weighted by molar-refractivity contribution is -0.176. The molecule has 3 saturated carbocycles. The van der Waals surface area contributed by atoms with Crippen molar-refractivity contribution in [2.24, 2.45) is 40.4 Å². The predicted molar refractivity (Wildman–Crippen MR) is 102 cm³/mol. The Morgan fingerprint density at radius 1 is 1.15 bits per heavy atom. The third-order valence-electron chi connectivity index (χ3n) is 8.48. The van der Waals surface area contributed by atoms with Gasteiger partial charge in [-0.15, -0.1) is 0 Å². The minimum atomic E-state index is -4.07. The molecule has 6 atom stereocenters. The van der Waals surface area contributed by atoms with Crippen LogP contribution in [0.2, 0.25) is 0 Å². The van der Waals surface area contributed by atoms with Crippen LogP contribution in [0.4, 0.5) is 13.2 Å². The molecule has 152 valence electrons. The van der Waals surface area contributed by atoms with E-state index in [0.717, 1.165) is 38.5 Å². The Bertz CT molecular complexity index is 629. The first kappa shape index (κ1) is 20.7. The maximum Gasteiger partial charge on any atom is 0.389 e. The Morgan fingerprint density at radius 3 is 2.44 bits per heavy atom. The second kappa shape index (κ2) is 7.12. The number of allylic oxidation sites excluding steroid dienone is 2. The van der Waals surface area contributed by atoms with Crippen molar-refractivity contribution in [1.29, 1.82) is 5.26 Å². The van der Waals surface area contributed by atoms with Crippen molar-refractivity contribution in [2.45, 2.75) is 85.2 Å². The third kappa shape index (κ3) is 3.68. The first-order chi connectivity index (χ1) is 12.5. The van der Waals surface area contributed by atoms with E-state index in [9.17, 15) is 13.2 Å². The first-order valence-electron chi connectivity index (χ1n) is 10.7. The smallest absolute Gasteiger partial charge is 0.193 e. The highest BCUT2D eigenvalue weighted by atomic mass is 19.4.